The fourth-order valence-corrected chi connectivity index (χ4v) is 2.29. The summed E-state index contributed by atoms with van der Waals surface area (Å²) in [6.07, 6.45) is 1.14. The Morgan fingerprint density at radius 1 is 1.20 bits per heavy atom. The van der Waals surface area contributed by atoms with Crippen LogP contribution in [0.15, 0.2) is 30.5 Å². The molecule has 0 spiro atoms. The van der Waals surface area contributed by atoms with E-state index in [4.69, 9.17) is 14.7 Å². The SMILES string of the molecule is CC1(C)OC(c2ccc(NC=C(C#N)c3nn[nH]n3)cc2)OC1(C)C. The van der Waals surface area contributed by atoms with Crippen molar-refractivity contribution in [3.63, 3.8) is 0 Å². The predicted molar refractivity (Wildman–Crippen MR) is 90.9 cm³/mol. The molecule has 0 atom stereocenters. The number of tetrazole rings is 1. The van der Waals surface area contributed by atoms with Crippen molar-refractivity contribution in [3.8, 4) is 6.07 Å². The molecule has 0 saturated carbocycles. The fraction of sp³-hybridized carbons (Fsp3) is 0.412. The Kier molecular flexibility index (Phi) is 4.29. The van der Waals surface area contributed by atoms with Crippen LogP contribution in [0.1, 0.15) is 45.4 Å². The smallest absolute Gasteiger partial charge is 0.216 e. The van der Waals surface area contributed by atoms with Gasteiger partial charge in [0.25, 0.3) is 0 Å². The zero-order chi connectivity index (χ0) is 18.1. The Morgan fingerprint density at radius 2 is 1.84 bits per heavy atom. The van der Waals surface area contributed by atoms with Crippen LogP contribution in [0.5, 0.6) is 0 Å². The highest BCUT2D eigenvalue weighted by Gasteiger charge is 2.49. The number of allylic oxidation sites excluding steroid dienone is 1. The molecule has 1 aliphatic rings. The van der Waals surface area contributed by atoms with Gasteiger partial charge in [0.15, 0.2) is 6.29 Å². The lowest BCUT2D eigenvalue weighted by atomic mass is 9.90. The molecule has 2 N–H and O–H groups in total. The van der Waals surface area contributed by atoms with Crippen LogP contribution in [-0.4, -0.2) is 31.8 Å². The summed E-state index contributed by atoms with van der Waals surface area (Å²) in [5, 5.41) is 25.5. The Hall–Kier alpha value is -2.76. The number of aromatic nitrogens is 4. The summed E-state index contributed by atoms with van der Waals surface area (Å²) in [7, 11) is 0. The first-order chi connectivity index (χ1) is 11.8. The maximum Gasteiger partial charge on any atom is 0.216 e. The number of nitrogens with zero attached hydrogens (tertiary/aromatic N) is 4. The molecule has 0 amide bonds. The minimum Gasteiger partial charge on any atom is -0.360 e. The van der Waals surface area contributed by atoms with Gasteiger partial charge in [-0.1, -0.05) is 12.1 Å². The molecule has 0 unspecified atom stereocenters. The number of rotatable bonds is 4. The van der Waals surface area contributed by atoms with Gasteiger partial charge in [-0.25, -0.2) is 0 Å². The average molecular weight is 340 g/mol. The van der Waals surface area contributed by atoms with Gasteiger partial charge in [-0.15, -0.1) is 10.2 Å². The summed E-state index contributed by atoms with van der Waals surface area (Å²) in [5.74, 6) is 0.240. The molecule has 1 aliphatic heterocycles. The number of H-pyrrole nitrogens is 1. The highest BCUT2D eigenvalue weighted by atomic mass is 16.7. The molecule has 1 saturated heterocycles. The number of aromatic amines is 1. The quantitative estimate of drug-likeness (QED) is 0.824. The maximum absolute atomic E-state index is 9.15. The van der Waals surface area contributed by atoms with E-state index in [2.05, 4.69) is 25.9 Å². The van der Waals surface area contributed by atoms with E-state index >= 15 is 0 Å². The van der Waals surface area contributed by atoms with Crippen LogP contribution in [0.25, 0.3) is 5.57 Å². The van der Waals surface area contributed by atoms with Gasteiger partial charge in [0.05, 0.1) is 11.2 Å². The lowest BCUT2D eigenvalue weighted by molar-refractivity contribution is -0.0895. The molecule has 8 nitrogen and oxygen atoms in total. The predicted octanol–water partition coefficient (Wildman–Crippen LogP) is 2.78. The molecule has 1 fully saturated rings. The van der Waals surface area contributed by atoms with Crippen molar-refractivity contribution in [2.75, 3.05) is 5.32 Å². The number of hydrogen-bond donors (Lipinski definition) is 2. The Morgan fingerprint density at radius 3 is 2.36 bits per heavy atom. The first-order valence-electron chi connectivity index (χ1n) is 7.89. The summed E-state index contributed by atoms with van der Waals surface area (Å²) >= 11 is 0. The summed E-state index contributed by atoms with van der Waals surface area (Å²) < 4.78 is 12.1. The molecule has 0 bridgehead atoms. The molecule has 2 aromatic rings. The molecule has 25 heavy (non-hydrogen) atoms. The van der Waals surface area contributed by atoms with Crippen molar-refractivity contribution < 1.29 is 9.47 Å². The van der Waals surface area contributed by atoms with Gasteiger partial charge in [0, 0.05) is 17.5 Å². The molecule has 1 aromatic heterocycles. The van der Waals surface area contributed by atoms with Gasteiger partial charge >= 0.3 is 0 Å². The van der Waals surface area contributed by atoms with Crippen molar-refractivity contribution in [1.82, 2.24) is 20.6 Å². The van der Waals surface area contributed by atoms with E-state index in [1.54, 1.807) is 0 Å². The van der Waals surface area contributed by atoms with Gasteiger partial charge in [-0.3, -0.25) is 0 Å². The van der Waals surface area contributed by atoms with Crippen LogP contribution in [0.4, 0.5) is 5.69 Å². The van der Waals surface area contributed by atoms with Crippen molar-refractivity contribution in [2.24, 2.45) is 0 Å². The minimum absolute atomic E-state index is 0.240. The monoisotopic (exact) mass is 340 g/mol. The van der Waals surface area contributed by atoms with Crippen LogP contribution >= 0.6 is 0 Å². The number of nitrogens with one attached hydrogen (secondary N) is 2. The first kappa shape index (κ1) is 17.1. The maximum atomic E-state index is 9.15. The fourth-order valence-electron chi connectivity index (χ4n) is 2.29. The summed E-state index contributed by atoms with van der Waals surface area (Å²) in [6.45, 7) is 8.09. The van der Waals surface area contributed by atoms with E-state index in [-0.39, 0.29) is 22.6 Å². The zero-order valence-corrected chi connectivity index (χ0v) is 14.6. The van der Waals surface area contributed by atoms with Crippen molar-refractivity contribution in [2.45, 2.75) is 45.2 Å². The largest absolute Gasteiger partial charge is 0.360 e. The van der Waals surface area contributed by atoms with Crippen LogP contribution in [0.2, 0.25) is 0 Å². The van der Waals surface area contributed by atoms with Crippen LogP contribution in [0, 0.1) is 11.3 Å². The minimum atomic E-state index is -0.399. The Balaban J connectivity index is 1.70. The number of benzene rings is 1. The highest BCUT2D eigenvalue weighted by Crippen LogP contribution is 2.44. The second kappa shape index (κ2) is 6.27. The molecule has 0 radical (unpaired) electrons. The lowest BCUT2D eigenvalue weighted by Crippen LogP contribution is -2.41. The third kappa shape index (κ3) is 3.38. The third-order valence-electron chi connectivity index (χ3n) is 4.53. The number of ether oxygens (including phenoxy) is 2. The van der Waals surface area contributed by atoms with Gasteiger partial charge in [-0.05, 0) is 45.0 Å². The zero-order valence-electron chi connectivity index (χ0n) is 14.6. The topological polar surface area (TPSA) is 109 Å². The molecular formula is C17H20N6O2. The third-order valence-corrected chi connectivity index (χ3v) is 4.53. The standard InChI is InChI=1S/C17H20N6O2/c1-16(2)17(3,4)25-15(24-16)11-5-7-13(8-6-11)19-10-12(9-18)14-20-22-23-21-14/h5-8,10,15,19H,1-4H3,(H,20,21,22,23). The average Bonchev–Trinajstić information content (AvgIpc) is 3.16. The normalized spacial score (nSPS) is 19.6. The number of hydrogen-bond acceptors (Lipinski definition) is 7. The van der Waals surface area contributed by atoms with E-state index < -0.39 is 6.29 Å². The molecule has 8 heteroatoms. The lowest BCUT2D eigenvalue weighted by Gasteiger charge is -2.30. The van der Waals surface area contributed by atoms with E-state index in [0.717, 1.165) is 11.3 Å². The number of nitriles is 1. The Bertz CT molecular complexity index is 787. The molecular weight excluding hydrogens is 320 g/mol. The first-order valence-corrected chi connectivity index (χ1v) is 7.89. The van der Waals surface area contributed by atoms with Crippen LogP contribution < -0.4 is 5.32 Å². The summed E-state index contributed by atoms with van der Waals surface area (Å²) in [4.78, 5) is 0. The van der Waals surface area contributed by atoms with E-state index in [1.165, 1.54) is 6.20 Å². The van der Waals surface area contributed by atoms with Crippen LogP contribution in [0.3, 0.4) is 0 Å². The molecule has 2 heterocycles. The summed E-state index contributed by atoms with van der Waals surface area (Å²) in [5.41, 5.74) is 1.29. The van der Waals surface area contributed by atoms with Gasteiger partial charge < -0.3 is 14.8 Å². The van der Waals surface area contributed by atoms with Gasteiger partial charge in [-0.2, -0.15) is 10.5 Å². The van der Waals surface area contributed by atoms with Crippen LogP contribution in [-0.2, 0) is 9.47 Å². The van der Waals surface area contributed by atoms with Gasteiger partial charge in [0.2, 0.25) is 5.82 Å². The number of anilines is 1. The van der Waals surface area contributed by atoms with Crippen molar-refractivity contribution in [1.29, 1.82) is 5.26 Å². The van der Waals surface area contributed by atoms with Crippen molar-refractivity contribution >= 4 is 11.3 Å². The van der Waals surface area contributed by atoms with Gasteiger partial charge in [0.1, 0.15) is 11.6 Å². The van der Waals surface area contributed by atoms with Crippen molar-refractivity contribution in [3.05, 3.63) is 41.9 Å². The Labute approximate surface area is 145 Å². The second-order valence-electron chi connectivity index (χ2n) is 6.76. The van der Waals surface area contributed by atoms with E-state index in [0.29, 0.717) is 0 Å². The van der Waals surface area contributed by atoms with E-state index in [9.17, 15) is 0 Å². The van der Waals surface area contributed by atoms with E-state index in [1.807, 2.05) is 58.0 Å². The molecule has 3 rings (SSSR count). The summed E-state index contributed by atoms with van der Waals surface area (Å²) in [6, 6.07) is 9.66. The molecule has 0 aliphatic carbocycles. The second-order valence-corrected chi connectivity index (χ2v) is 6.76. The molecule has 1 aromatic carbocycles. The highest BCUT2D eigenvalue weighted by molar-refractivity contribution is 5.73. The molecule has 130 valence electrons.